The molecule has 0 saturated carbocycles. The van der Waals surface area contributed by atoms with Crippen molar-refractivity contribution in [1.29, 1.82) is 0 Å². The Balaban J connectivity index is 1.60. The summed E-state index contributed by atoms with van der Waals surface area (Å²) < 4.78 is 0. The van der Waals surface area contributed by atoms with Gasteiger partial charge in [-0.25, -0.2) is 0 Å². The topological polar surface area (TPSA) is 58.9 Å². The van der Waals surface area contributed by atoms with Crippen molar-refractivity contribution in [3.63, 3.8) is 0 Å². The van der Waals surface area contributed by atoms with E-state index in [1.54, 1.807) is 24.3 Å². The summed E-state index contributed by atoms with van der Waals surface area (Å²) in [6, 6.07) is 14.8. The molecule has 0 aliphatic carbocycles. The molecule has 2 aromatic rings. The lowest BCUT2D eigenvalue weighted by molar-refractivity contribution is 1.16. The summed E-state index contributed by atoms with van der Waals surface area (Å²) in [5, 5.41) is 5.78. The first-order valence-corrected chi connectivity index (χ1v) is 9.39. The highest BCUT2D eigenvalue weighted by Crippen LogP contribution is 2.24. The minimum atomic E-state index is 0.474. The summed E-state index contributed by atoms with van der Waals surface area (Å²) in [6.45, 7) is 0. The molecule has 114 valence electrons. The molecule has 0 saturated heterocycles. The van der Waals surface area contributed by atoms with Crippen molar-refractivity contribution >= 4 is 33.0 Å². The zero-order chi connectivity index (χ0) is 15.6. The van der Waals surface area contributed by atoms with E-state index in [1.807, 2.05) is 45.9 Å². The Kier molecular flexibility index (Phi) is 7.12. The highest BCUT2D eigenvalue weighted by molar-refractivity contribution is 8.76. The molecule has 0 fully saturated rings. The van der Waals surface area contributed by atoms with Crippen LogP contribution in [0.1, 0.15) is 11.1 Å². The van der Waals surface area contributed by atoms with E-state index in [2.05, 4.69) is 10.4 Å². The summed E-state index contributed by atoms with van der Waals surface area (Å²) in [5.74, 6) is 2.07. The lowest BCUT2D eigenvalue weighted by atomic mass is 10.2. The molecule has 0 atom stereocenters. The maximum Gasteiger partial charge on any atom is 0.108 e. The van der Waals surface area contributed by atoms with E-state index in [0.29, 0.717) is 11.4 Å². The molecule has 0 aromatic heterocycles. The van der Waals surface area contributed by atoms with Gasteiger partial charge >= 0.3 is 0 Å². The van der Waals surface area contributed by atoms with Crippen LogP contribution in [0.25, 0.3) is 0 Å². The number of hydrogen-bond acceptors (Lipinski definition) is 6. The summed E-state index contributed by atoms with van der Waals surface area (Å²) in [7, 11) is 3.70. The molecule has 0 spiro atoms. The Hall–Kier alpha value is -1.66. The SMILES string of the molecule is O=Nc1ccc(CCSSCCc2ccc(N=O)cc2)cc1. The van der Waals surface area contributed by atoms with Crippen molar-refractivity contribution in [2.24, 2.45) is 10.4 Å². The summed E-state index contributed by atoms with van der Waals surface area (Å²) >= 11 is 0. The van der Waals surface area contributed by atoms with Crippen LogP contribution >= 0.6 is 21.6 Å². The van der Waals surface area contributed by atoms with E-state index in [9.17, 15) is 9.81 Å². The molecule has 4 nitrogen and oxygen atoms in total. The Morgan fingerprint density at radius 1 is 0.636 bits per heavy atom. The normalized spacial score (nSPS) is 10.4. The lowest BCUT2D eigenvalue weighted by Gasteiger charge is -2.03. The van der Waals surface area contributed by atoms with Crippen LogP contribution in [0.15, 0.2) is 58.9 Å². The zero-order valence-electron chi connectivity index (χ0n) is 12.0. The predicted molar refractivity (Wildman–Crippen MR) is 96.1 cm³/mol. The lowest BCUT2D eigenvalue weighted by Crippen LogP contribution is -1.89. The highest BCUT2D eigenvalue weighted by Gasteiger charge is 1.98. The van der Waals surface area contributed by atoms with Crippen molar-refractivity contribution in [1.82, 2.24) is 0 Å². The molecule has 0 amide bonds. The molecule has 0 radical (unpaired) electrons. The van der Waals surface area contributed by atoms with Crippen molar-refractivity contribution in [3.05, 3.63) is 69.5 Å². The van der Waals surface area contributed by atoms with Crippen molar-refractivity contribution < 1.29 is 0 Å². The van der Waals surface area contributed by atoms with Gasteiger partial charge in [0.05, 0.1) is 0 Å². The fraction of sp³-hybridized carbons (Fsp3) is 0.250. The van der Waals surface area contributed by atoms with E-state index in [4.69, 9.17) is 0 Å². The molecule has 0 aliphatic heterocycles. The fourth-order valence-electron chi connectivity index (χ4n) is 1.88. The van der Waals surface area contributed by atoms with Crippen LogP contribution in [0, 0.1) is 9.81 Å². The second-order valence-electron chi connectivity index (χ2n) is 4.66. The standard InChI is InChI=1S/C16H16N2O2S2/c19-17-15-5-1-13(2-6-15)9-11-21-22-12-10-14-3-7-16(18-20)8-4-14/h1-8H,9-12H2. The second-order valence-corrected chi connectivity index (χ2v) is 7.36. The van der Waals surface area contributed by atoms with Gasteiger partial charge in [0.15, 0.2) is 0 Å². The predicted octanol–water partition coefficient (Wildman–Crippen LogP) is 5.65. The molecule has 0 N–H and O–H groups in total. The Morgan fingerprint density at radius 2 is 1.00 bits per heavy atom. The highest BCUT2D eigenvalue weighted by atomic mass is 33.1. The second kappa shape index (κ2) is 9.38. The molecular weight excluding hydrogens is 316 g/mol. The first-order valence-electron chi connectivity index (χ1n) is 6.91. The number of benzene rings is 2. The average Bonchev–Trinajstić information content (AvgIpc) is 2.59. The van der Waals surface area contributed by atoms with E-state index < -0.39 is 0 Å². The number of aryl methyl sites for hydroxylation is 2. The summed E-state index contributed by atoms with van der Waals surface area (Å²) in [6.07, 6.45) is 1.97. The molecule has 6 heteroatoms. The maximum atomic E-state index is 10.3. The van der Waals surface area contributed by atoms with Gasteiger partial charge in [-0.3, -0.25) is 0 Å². The Bertz CT molecular complexity index is 545. The van der Waals surface area contributed by atoms with E-state index in [0.717, 1.165) is 24.3 Å². The van der Waals surface area contributed by atoms with Gasteiger partial charge in [-0.05, 0) is 58.6 Å². The monoisotopic (exact) mass is 332 g/mol. The van der Waals surface area contributed by atoms with Crippen LogP contribution in [0.5, 0.6) is 0 Å². The minimum Gasteiger partial charge on any atom is -0.145 e. The van der Waals surface area contributed by atoms with E-state index >= 15 is 0 Å². The molecule has 2 rings (SSSR count). The summed E-state index contributed by atoms with van der Waals surface area (Å²) in [4.78, 5) is 20.6. The number of rotatable bonds is 9. The van der Waals surface area contributed by atoms with Crippen LogP contribution in [-0.2, 0) is 12.8 Å². The minimum absolute atomic E-state index is 0.474. The van der Waals surface area contributed by atoms with Gasteiger partial charge in [-0.2, -0.15) is 0 Å². The van der Waals surface area contributed by atoms with Gasteiger partial charge < -0.3 is 0 Å². The van der Waals surface area contributed by atoms with E-state index in [-0.39, 0.29) is 0 Å². The van der Waals surface area contributed by atoms with Crippen LogP contribution in [0.3, 0.4) is 0 Å². The van der Waals surface area contributed by atoms with Gasteiger partial charge in [0, 0.05) is 11.5 Å². The zero-order valence-corrected chi connectivity index (χ0v) is 13.6. The van der Waals surface area contributed by atoms with Gasteiger partial charge in [0.1, 0.15) is 11.4 Å². The molecule has 0 unspecified atom stereocenters. The number of hydrogen-bond donors (Lipinski definition) is 0. The molecule has 0 aliphatic rings. The van der Waals surface area contributed by atoms with E-state index in [1.165, 1.54) is 11.1 Å². The van der Waals surface area contributed by atoms with Crippen LogP contribution < -0.4 is 0 Å². The molecule has 0 heterocycles. The number of nitrogens with zero attached hydrogens (tertiary/aromatic N) is 2. The van der Waals surface area contributed by atoms with Crippen LogP contribution in [-0.4, -0.2) is 11.5 Å². The third-order valence-corrected chi connectivity index (χ3v) is 5.52. The van der Waals surface area contributed by atoms with Crippen molar-refractivity contribution in [2.75, 3.05) is 11.5 Å². The molecule has 2 aromatic carbocycles. The maximum absolute atomic E-state index is 10.3. The van der Waals surface area contributed by atoms with Crippen LogP contribution in [0.2, 0.25) is 0 Å². The van der Waals surface area contributed by atoms with Crippen molar-refractivity contribution in [3.8, 4) is 0 Å². The molecular formula is C16H16N2O2S2. The van der Waals surface area contributed by atoms with Gasteiger partial charge in [0.2, 0.25) is 0 Å². The first-order chi connectivity index (χ1) is 10.8. The van der Waals surface area contributed by atoms with Gasteiger partial charge in [-0.15, -0.1) is 9.81 Å². The van der Waals surface area contributed by atoms with Crippen LogP contribution in [0.4, 0.5) is 11.4 Å². The Morgan fingerprint density at radius 3 is 1.32 bits per heavy atom. The number of nitroso groups, excluding NO2 is 2. The average molecular weight is 332 g/mol. The largest absolute Gasteiger partial charge is 0.145 e. The quantitative estimate of drug-likeness (QED) is 0.338. The third kappa shape index (κ3) is 5.61. The smallest absolute Gasteiger partial charge is 0.108 e. The van der Waals surface area contributed by atoms with Crippen molar-refractivity contribution in [2.45, 2.75) is 12.8 Å². The molecule has 0 bridgehead atoms. The van der Waals surface area contributed by atoms with Gasteiger partial charge in [0.25, 0.3) is 0 Å². The summed E-state index contributed by atoms with van der Waals surface area (Å²) in [5.41, 5.74) is 3.39. The fourth-order valence-corrected chi connectivity index (χ4v) is 3.96. The Labute approximate surface area is 137 Å². The third-order valence-electron chi connectivity index (χ3n) is 3.11. The first kappa shape index (κ1) is 16.7. The van der Waals surface area contributed by atoms with Gasteiger partial charge in [-0.1, -0.05) is 45.9 Å². The molecule has 22 heavy (non-hydrogen) atoms.